The van der Waals surface area contributed by atoms with Gasteiger partial charge in [0.05, 0.1) is 18.9 Å². The summed E-state index contributed by atoms with van der Waals surface area (Å²) in [5.41, 5.74) is -1.29. The summed E-state index contributed by atoms with van der Waals surface area (Å²) in [6.45, 7) is 3.61. The zero-order chi connectivity index (χ0) is 20.1. The highest BCUT2D eigenvalue weighted by molar-refractivity contribution is 7.46. The maximum absolute atomic E-state index is 12.4. The first-order valence-corrected chi connectivity index (χ1v) is 9.63. The molecule has 3 heterocycles. The number of aromatic nitrogens is 2. The van der Waals surface area contributed by atoms with Crippen LogP contribution in [0.2, 0.25) is 0 Å². The van der Waals surface area contributed by atoms with Gasteiger partial charge < -0.3 is 29.1 Å². The summed E-state index contributed by atoms with van der Waals surface area (Å²) in [6.07, 6.45) is -3.69. The minimum atomic E-state index is -4.75. The van der Waals surface area contributed by atoms with Gasteiger partial charge in [-0.15, -0.1) is 0 Å². The third-order valence-corrected chi connectivity index (χ3v) is 4.93. The molecule has 0 bridgehead atoms. The second-order valence-corrected chi connectivity index (χ2v) is 8.01. The molecule has 152 valence electrons. The van der Waals surface area contributed by atoms with E-state index in [0.29, 0.717) is 0 Å². The minimum Gasteiger partial charge on any atom is -0.390 e. The Morgan fingerprint density at radius 2 is 1.89 bits per heavy atom. The molecule has 4 atom stereocenters. The highest BCUT2D eigenvalue weighted by Crippen LogP contribution is 2.45. The Kier molecular flexibility index (Phi) is 5.21. The Bertz CT molecular complexity index is 887. The standard InChI is InChI=1S/C14H21N2O10P/c1-6-7(4-17)16(13(19)15-11(6)18)12-10-9(25-14(2,3)26-10)8(24-12)5-23-27(20,21)22/h8-10,12,17H,4-5H2,1-3H3,(H,15,18,19)(H2,20,21,22)/t8-,9-,10-,12-/m1/s1. The minimum absolute atomic E-state index is 0.0392. The molecule has 27 heavy (non-hydrogen) atoms. The first-order valence-electron chi connectivity index (χ1n) is 8.10. The van der Waals surface area contributed by atoms with E-state index in [4.69, 9.17) is 24.0 Å². The largest absolute Gasteiger partial charge is 0.469 e. The van der Waals surface area contributed by atoms with Crippen molar-refractivity contribution in [3.63, 3.8) is 0 Å². The SMILES string of the molecule is Cc1c(CO)n([C@@H]2O[C@H](COP(=O)(O)O)[C@H]3OC(C)(C)O[C@H]32)c(=O)[nH]c1=O. The number of ether oxygens (including phenoxy) is 3. The van der Waals surface area contributed by atoms with Crippen molar-refractivity contribution in [2.75, 3.05) is 6.61 Å². The van der Waals surface area contributed by atoms with Gasteiger partial charge in [-0.3, -0.25) is 18.9 Å². The van der Waals surface area contributed by atoms with Crippen LogP contribution < -0.4 is 11.2 Å². The monoisotopic (exact) mass is 408 g/mol. The van der Waals surface area contributed by atoms with Crippen molar-refractivity contribution in [3.05, 3.63) is 32.1 Å². The summed E-state index contributed by atoms with van der Waals surface area (Å²) in [4.78, 5) is 44.2. The number of aromatic amines is 1. The molecule has 4 N–H and O–H groups in total. The van der Waals surface area contributed by atoms with Crippen LogP contribution in [0.1, 0.15) is 31.3 Å². The van der Waals surface area contributed by atoms with Gasteiger partial charge in [0.1, 0.15) is 18.3 Å². The van der Waals surface area contributed by atoms with Gasteiger partial charge in [-0.05, 0) is 20.8 Å². The van der Waals surface area contributed by atoms with E-state index in [-0.39, 0.29) is 11.3 Å². The molecule has 13 heteroatoms. The van der Waals surface area contributed by atoms with Crippen LogP contribution >= 0.6 is 7.82 Å². The van der Waals surface area contributed by atoms with Crippen LogP contribution in [0.4, 0.5) is 0 Å². The molecule has 0 unspecified atom stereocenters. The van der Waals surface area contributed by atoms with Gasteiger partial charge >= 0.3 is 13.5 Å². The van der Waals surface area contributed by atoms with Crippen molar-refractivity contribution >= 4 is 7.82 Å². The molecule has 1 aromatic heterocycles. The molecule has 0 spiro atoms. The van der Waals surface area contributed by atoms with Crippen molar-refractivity contribution in [1.29, 1.82) is 0 Å². The third kappa shape index (κ3) is 3.93. The maximum Gasteiger partial charge on any atom is 0.469 e. The van der Waals surface area contributed by atoms with Crippen LogP contribution in [-0.4, -0.2) is 55.2 Å². The Morgan fingerprint density at radius 1 is 1.26 bits per heavy atom. The smallest absolute Gasteiger partial charge is 0.390 e. The average molecular weight is 408 g/mol. The summed E-state index contributed by atoms with van der Waals surface area (Å²) in [5.74, 6) is -1.04. The Balaban J connectivity index is 2.01. The van der Waals surface area contributed by atoms with Crippen LogP contribution in [-0.2, 0) is 29.9 Å². The Labute approximate surface area is 152 Å². The van der Waals surface area contributed by atoms with Crippen molar-refractivity contribution < 1.29 is 38.2 Å². The fraction of sp³-hybridized carbons (Fsp3) is 0.714. The van der Waals surface area contributed by atoms with Gasteiger partial charge in [0.2, 0.25) is 0 Å². The Hall–Kier alpha value is -1.37. The fourth-order valence-electron chi connectivity index (χ4n) is 3.32. The van der Waals surface area contributed by atoms with Crippen LogP contribution in [0.15, 0.2) is 9.59 Å². The lowest BCUT2D eigenvalue weighted by atomic mass is 10.1. The quantitative estimate of drug-likeness (QED) is 0.437. The van der Waals surface area contributed by atoms with Gasteiger partial charge in [-0.25, -0.2) is 9.36 Å². The Morgan fingerprint density at radius 3 is 2.48 bits per heavy atom. The topological polar surface area (TPSA) is 170 Å². The van der Waals surface area contributed by atoms with Crippen LogP contribution in [0, 0.1) is 6.92 Å². The molecule has 0 amide bonds. The highest BCUT2D eigenvalue weighted by Gasteiger charge is 2.56. The average Bonchev–Trinajstić information content (AvgIpc) is 3.01. The number of hydrogen-bond donors (Lipinski definition) is 4. The number of phosphoric acid groups is 1. The lowest BCUT2D eigenvalue weighted by Gasteiger charge is -2.26. The van der Waals surface area contributed by atoms with E-state index in [9.17, 15) is 19.3 Å². The van der Waals surface area contributed by atoms with E-state index >= 15 is 0 Å². The molecule has 2 fully saturated rings. The number of H-pyrrole nitrogens is 1. The zero-order valence-electron chi connectivity index (χ0n) is 14.8. The molecule has 0 saturated carbocycles. The van der Waals surface area contributed by atoms with Crippen LogP contribution in [0.5, 0.6) is 0 Å². The van der Waals surface area contributed by atoms with Gasteiger partial charge in [0.15, 0.2) is 12.0 Å². The molecule has 2 aliphatic heterocycles. The molecule has 12 nitrogen and oxygen atoms in total. The summed E-state index contributed by atoms with van der Waals surface area (Å²) in [6, 6.07) is 0. The van der Waals surface area contributed by atoms with Gasteiger partial charge in [-0.1, -0.05) is 0 Å². The normalized spacial score (nSPS) is 29.9. The van der Waals surface area contributed by atoms with Crippen molar-refractivity contribution in [3.8, 4) is 0 Å². The summed E-state index contributed by atoms with van der Waals surface area (Å²) in [5, 5.41) is 9.66. The fourth-order valence-corrected chi connectivity index (χ4v) is 3.66. The van der Waals surface area contributed by atoms with E-state index in [0.717, 1.165) is 4.57 Å². The predicted octanol–water partition coefficient (Wildman–Crippen LogP) is -1.14. The van der Waals surface area contributed by atoms with Crippen molar-refractivity contribution in [2.45, 2.75) is 57.7 Å². The highest BCUT2D eigenvalue weighted by atomic mass is 31.2. The lowest BCUT2D eigenvalue weighted by Crippen LogP contribution is -2.41. The van der Waals surface area contributed by atoms with Crippen molar-refractivity contribution in [2.24, 2.45) is 0 Å². The van der Waals surface area contributed by atoms with E-state index in [1.165, 1.54) is 6.92 Å². The molecule has 0 radical (unpaired) electrons. The van der Waals surface area contributed by atoms with E-state index < -0.39 is 62.6 Å². The molecule has 1 aromatic rings. The predicted molar refractivity (Wildman–Crippen MR) is 87.7 cm³/mol. The second-order valence-electron chi connectivity index (χ2n) is 6.78. The summed E-state index contributed by atoms with van der Waals surface area (Å²) < 4.78 is 33.8. The maximum atomic E-state index is 12.4. The molecule has 2 aliphatic rings. The molecular formula is C14H21N2O10P. The first kappa shape index (κ1) is 20.4. The molecule has 0 aromatic carbocycles. The van der Waals surface area contributed by atoms with Gasteiger partial charge in [-0.2, -0.15) is 0 Å². The van der Waals surface area contributed by atoms with Crippen LogP contribution in [0.25, 0.3) is 0 Å². The molecular weight excluding hydrogens is 387 g/mol. The number of aliphatic hydroxyl groups is 1. The number of aliphatic hydroxyl groups excluding tert-OH is 1. The van der Waals surface area contributed by atoms with E-state index in [1.54, 1.807) is 13.8 Å². The number of nitrogens with zero attached hydrogens (tertiary/aromatic N) is 1. The number of phosphoric ester groups is 1. The zero-order valence-corrected chi connectivity index (χ0v) is 15.7. The molecule has 2 saturated heterocycles. The first-order chi connectivity index (χ1) is 12.4. The second kappa shape index (κ2) is 6.90. The van der Waals surface area contributed by atoms with E-state index in [1.807, 2.05) is 0 Å². The number of hydrogen-bond acceptors (Lipinski definition) is 8. The number of rotatable bonds is 5. The lowest BCUT2D eigenvalue weighted by molar-refractivity contribution is -0.200. The number of fused-ring (bicyclic) bond motifs is 1. The van der Waals surface area contributed by atoms with E-state index in [2.05, 4.69) is 9.51 Å². The van der Waals surface area contributed by atoms with Gasteiger partial charge in [0.25, 0.3) is 5.56 Å². The van der Waals surface area contributed by atoms with Crippen molar-refractivity contribution in [1.82, 2.24) is 9.55 Å². The molecule has 3 rings (SSSR count). The van der Waals surface area contributed by atoms with Crippen LogP contribution in [0.3, 0.4) is 0 Å². The summed E-state index contributed by atoms with van der Waals surface area (Å²) in [7, 11) is -4.75. The molecule has 0 aliphatic carbocycles. The third-order valence-electron chi connectivity index (χ3n) is 4.44. The van der Waals surface area contributed by atoms with Gasteiger partial charge in [0, 0.05) is 5.56 Å². The number of nitrogens with one attached hydrogen (secondary N) is 1. The summed E-state index contributed by atoms with van der Waals surface area (Å²) >= 11 is 0.